The number of hydrogen-bond acceptors (Lipinski definition) is 4. The Morgan fingerprint density at radius 2 is 2.35 bits per heavy atom. The van der Waals surface area contributed by atoms with Crippen LogP contribution in [0.25, 0.3) is 0 Å². The predicted molar refractivity (Wildman–Crippen MR) is 81.5 cm³/mol. The maximum atomic E-state index is 5.94. The van der Waals surface area contributed by atoms with E-state index in [1.165, 1.54) is 18.4 Å². The lowest BCUT2D eigenvalue weighted by molar-refractivity contribution is 0.0857. The minimum Gasteiger partial charge on any atom is -0.496 e. The molecule has 2 heterocycles. The monoisotopic (exact) mass is 340 g/mol. The Kier molecular flexibility index (Phi) is 4.31. The summed E-state index contributed by atoms with van der Waals surface area (Å²) in [4.78, 5) is 0. The van der Waals surface area contributed by atoms with Gasteiger partial charge in [0.05, 0.1) is 23.8 Å². The second-order valence-corrected chi connectivity index (χ2v) is 6.57. The molecular formula is C15H21BrN2O2. The van der Waals surface area contributed by atoms with Gasteiger partial charge in [-0.25, -0.2) is 0 Å². The molecule has 0 saturated carbocycles. The van der Waals surface area contributed by atoms with Crippen LogP contribution in [0.1, 0.15) is 24.8 Å². The third-order valence-corrected chi connectivity index (χ3v) is 5.18. The zero-order valence-corrected chi connectivity index (χ0v) is 13.2. The van der Waals surface area contributed by atoms with Gasteiger partial charge in [0, 0.05) is 12.0 Å². The summed E-state index contributed by atoms with van der Waals surface area (Å²) in [5.74, 6) is 7.17. The van der Waals surface area contributed by atoms with Crippen LogP contribution in [0, 0.1) is 5.92 Å². The number of hydrogen-bond donors (Lipinski definition) is 2. The maximum absolute atomic E-state index is 5.94. The molecule has 0 amide bonds. The Hall–Kier alpha value is -0.620. The topological polar surface area (TPSA) is 56.5 Å². The molecule has 2 aliphatic rings. The van der Waals surface area contributed by atoms with Crippen molar-refractivity contribution in [1.29, 1.82) is 0 Å². The van der Waals surface area contributed by atoms with E-state index in [2.05, 4.69) is 33.5 Å². The highest BCUT2D eigenvalue weighted by Gasteiger charge is 2.44. The lowest BCUT2D eigenvalue weighted by Crippen LogP contribution is -2.45. The fraction of sp³-hybridized carbons (Fsp3) is 0.600. The quantitative estimate of drug-likeness (QED) is 0.638. The summed E-state index contributed by atoms with van der Waals surface area (Å²) in [6.45, 7) is 0. The summed E-state index contributed by atoms with van der Waals surface area (Å²) in [5.41, 5.74) is 4.25. The second kappa shape index (κ2) is 6.02. The van der Waals surface area contributed by atoms with E-state index in [1.54, 1.807) is 7.11 Å². The molecule has 0 aromatic heterocycles. The van der Waals surface area contributed by atoms with Crippen LogP contribution in [0.5, 0.6) is 5.75 Å². The molecule has 5 heteroatoms. The zero-order chi connectivity index (χ0) is 14.1. The number of fused-ring (bicyclic) bond motifs is 2. The minimum absolute atomic E-state index is 0.269. The van der Waals surface area contributed by atoms with E-state index in [-0.39, 0.29) is 6.04 Å². The molecule has 20 heavy (non-hydrogen) atoms. The summed E-state index contributed by atoms with van der Waals surface area (Å²) in [5, 5.41) is 0. The van der Waals surface area contributed by atoms with Crippen molar-refractivity contribution < 1.29 is 9.47 Å². The van der Waals surface area contributed by atoms with Crippen LogP contribution in [-0.4, -0.2) is 25.4 Å². The van der Waals surface area contributed by atoms with Crippen LogP contribution >= 0.6 is 15.9 Å². The molecule has 110 valence electrons. The van der Waals surface area contributed by atoms with Crippen LogP contribution in [0.2, 0.25) is 0 Å². The van der Waals surface area contributed by atoms with Crippen molar-refractivity contribution in [3.63, 3.8) is 0 Å². The molecule has 1 aromatic rings. The van der Waals surface area contributed by atoms with E-state index in [4.69, 9.17) is 15.3 Å². The van der Waals surface area contributed by atoms with E-state index in [0.717, 1.165) is 23.1 Å². The van der Waals surface area contributed by atoms with Gasteiger partial charge in [0.1, 0.15) is 5.75 Å². The lowest BCUT2D eigenvalue weighted by Gasteiger charge is -2.28. The molecule has 2 bridgehead atoms. The van der Waals surface area contributed by atoms with Gasteiger partial charge in [-0.2, -0.15) is 0 Å². The van der Waals surface area contributed by atoms with E-state index in [0.29, 0.717) is 18.1 Å². The van der Waals surface area contributed by atoms with Gasteiger partial charge in [0.25, 0.3) is 0 Å². The Bertz CT molecular complexity index is 483. The van der Waals surface area contributed by atoms with Crippen molar-refractivity contribution in [2.24, 2.45) is 11.8 Å². The number of rotatable bonds is 5. The zero-order valence-electron chi connectivity index (χ0n) is 11.6. The molecule has 3 rings (SSSR count). The number of halogens is 1. The van der Waals surface area contributed by atoms with Gasteiger partial charge in [-0.3, -0.25) is 11.3 Å². The summed E-state index contributed by atoms with van der Waals surface area (Å²) in [6, 6.07) is 6.47. The van der Waals surface area contributed by atoms with Gasteiger partial charge >= 0.3 is 0 Å². The molecule has 0 spiro atoms. The maximum Gasteiger partial charge on any atom is 0.133 e. The average molecular weight is 341 g/mol. The van der Waals surface area contributed by atoms with Crippen molar-refractivity contribution in [1.82, 2.24) is 5.43 Å². The predicted octanol–water partition coefficient (Wildman–Crippen LogP) is 2.40. The molecule has 3 N–H and O–H groups in total. The van der Waals surface area contributed by atoms with Crippen LogP contribution < -0.4 is 16.0 Å². The SMILES string of the molecule is COc1ccc(CC(NN)C2CC3CCC2O3)cc1Br. The fourth-order valence-electron chi connectivity index (χ4n) is 3.53. The number of nitrogens with two attached hydrogens (primary N) is 1. The van der Waals surface area contributed by atoms with Crippen LogP contribution in [0.3, 0.4) is 0 Å². The van der Waals surface area contributed by atoms with Crippen LogP contribution in [0.4, 0.5) is 0 Å². The molecule has 1 aromatic carbocycles. The third kappa shape index (κ3) is 2.72. The second-order valence-electron chi connectivity index (χ2n) is 5.72. The normalized spacial score (nSPS) is 29.6. The van der Waals surface area contributed by atoms with E-state index < -0.39 is 0 Å². The Morgan fingerprint density at radius 1 is 1.50 bits per heavy atom. The van der Waals surface area contributed by atoms with Crippen molar-refractivity contribution >= 4 is 15.9 Å². The summed E-state index contributed by atoms with van der Waals surface area (Å²) >= 11 is 3.53. The molecule has 0 radical (unpaired) electrons. The Morgan fingerprint density at radius 3 is 2.90 bits per heavy atom. The lowest BCUT2D eigenvalue weighted by atomic mass is 9.82. The first-order chi connectivity index (χ1) is 9.71. The van der Waals surface area contributed by atoms with E-state index in [9.17, 15) is 0 Å². The van der Waals surface area contributed by atoms with Crippen molar-refractivity contribution in [2.45, 2.75) is 43.9 Å². The molecule has 2 saturated heterocycles. The van der Waals surface area contributed by atoms with Crippen LogP contribution in [0.15, 0.2) is 22.7 Å². The van der Waals surface area contributed by atoms with Gasteiger partial charge in [-0.05, 0) is 59.3 Å². The number of hydrazine groups is 1. The molecule has 2 fully saturated rings. The van der Waals surface area contributed by atoms with E-state index >= 15 is 0 Å². The van der Waals surface area contributed by atoms with Crippen molar-refractivity contribution in [2.75, 3.05) is 7.11 Å². The molecule has 0 aliphatic carbocycles. The first-order valence-corrected chi connectivity index (χ1v) is 7.94. The molecular weight excluding hydrogens is 320 g/mol. The molecule has 4 nitrogen and oxygen atoms in total. The van der Waals surface area contributed by atoms with Gasteiger partial charge in [0.2, 0.25) is 0 Å². The summed E-state index contributed by atoms with van der Waals surface area (Å²) in [6.07, 6.45) is 5.30. The highest BCUT2D eigenvalue weighted by Crippen LogP contribution is 2.41. The molecule has 4 atom stereocenters. The molecule has 4 unspecified atom stereocenters. The first kappa shape index (κ1) is 14.3. The van der Waals surface area contributed by atoms with Crippen molar-refractivity contribution in [3.8, 4) is 5.75 Å². The van der Waals surface area contributed by atoms with E-state index in [1.807, 2.05) is 6.07 Å². The van der Waals surface area contributed by atoms with Gasteiger partial charge < -0.3 is 9.47 Å². The van der Waals surface area contributed by atoms with Gasteiger partial charge in [-0.15, -0.1) is 0 Å². The average Bonchev–Trinajstić information content (AvgIpc) is 3.07. The fourth-order valence-corrected chi connectivity index (χ4v) is 4.11. The largest absolute Gasteiger partial charge is 0.496 e. The standard InChI is InChI=1S/C15H21BrN2O2/c1-19-15-4-2-9(6-12(15)16)7-13(18-17)11-8-10-3-5-14(11)20-10/h2,4,6,10-11,13-14,18H,3,5,7-8,17H2,1H3. The van der Waals surface area contributed by atoms with Gasteiger partial charge in [-0.1, -0.05) is 6.07 Å². The minimum atomic E-state index is 0.269. The number of nitrogens with one attached hydrogen (secondary N) is 1. The molecule has 2 aliphatic heterocycles. The summed E-state index contributed by atoms with van der Waals surface area (Å²) in [7, 11) is 1.68. The third-order valence-electron chi connectivity index (χ3n) is 4.56. The Labute approximate surface area is 128 Å². The number of benzene rings is 1. The summed E-state index contributed by atoms with van der Waals surface area (Å²) < 4.78 is 12.2. The van der Waals surface area contributed by atoms with Crippen LogP contribution in [-0.2, 0) is 11.2 Å². The highest BCUT2D eigenvalue weighted by atomic mass is 79.9. The first-order valence-electron chi connectivity index (χ1n) is 7.15. The van der Waals surface area contributed by atoms with Crippen molar-refractivity contribution in [3.05, 3.63) is 28.2 Å². The van der Waals surface area contributed by atoms with Gasteiger partial charge in [0.15, 0.2) is 0 Å². The Balaban J connectivity index is 1.70. The number of methoxy groups -OCH3 is 1. The number of ether oxygens (including phenoxy) is 2. The highest BCUT2D eigenvalue weighted by molar-refractivity contribution is 9.10. The smallest absolute Gasteiger partial charge is 0.133 e.